The Morgan fingerprint density at radius 3 is 2.55 bits per heavy atom. The molecule has 0 aliphatic rings. The number of nitrogens with zero attached hydrogens (tertiary/aromatic N) is 3. The predicted octanol–water partition coefficient (Wildman–Crippen LogP) is 2.22. The summed E-state index contributed by atoms with van der Waals surface area (Å²) in [6, 6.07) is 4.19. The van der Waals surface area contributed by atoms with Gasteiger partial charge in [0.1, 0.15) is 4.90 Å². The predicted molar refractivity (Wildman–Crippen MR) is 78.2 cm³/mol. The second kappa shape index (κ2) is 5.76. The highest BCUT2D eigenvalue weighted by Crippen LogP contribution is 2.32. The molecule has 2 aromatic rings. The van der Waals surface area contributed by atoms with E-state index in [1.807, 2.05) is 13.8 Å². The van der Waals surface area contributed by atoms with Crippen LogP contribution in [-0.4, -0.2) is 23.1 Å². The van der Waals surface area contributed by atoms with Gasteiger partial charge in [0.15, 0.2) is 0 Å². The molecule has 0 N–H and O–H groups in total. The normalized spacial score (nSPS) is 11.6. The van der Waals surface area contributed by atoms with Crippen LogP contribution >= 0.6 is 0 Å². The molecule has 0 amide bonds. The molecule has 0 radical (unpaired) electrons. The van der Waals surface area contributed by atoms with Crippen LogP contribution in [0.5, 0.6) is 5.75 Å². The lowest BCUT2D eigenvalue weighted by atomic mass is 10.0. The molecule has 0 atom stereocenters. The number of aromatic nitrogens is 2. The molecule has 0 fully saturated rings. The van der Waals surface area contributed by atoms with E-state index in [9.17, 15) is 18.5 Å². The quantitative estimate of drug-likeness (QED) is 0.474. The Morgan fingerprint density at radius 2 is 2.05 bits per heavy atom. The van der Waals surface area contributed by atoms with Crippen molar-refractivity contribution in [3.05, 3.63) is 46.3 Å². The summed E-state index contributed by atoms with van der Waals surface area (Å²) in [5.74, 6) is -0.232. The third-order valence-electron chi connectivity index (χ3n) is 3.02. The van der Waals surface area contributed by atoms with Gasteiger partial charge in [-0.25, -0.2) is 0 Å². The van der Waals surface area contributed by atoms with Crippen LogP contribution in [0.3, 0.4) is 0 Å². The molecule has 22 heavy (non-hydrogen) atoms. The molecule has 1 aromatic carbocycles. The van der Waals surface area contributed by atoms with Gasteiger partial charge < -0.3 is 4.18 Å². The number of benzene rings is 1. The summed E-state index contributed by atoms with van der Waals surface area (Å²) in [6.45, 7) is 3.78. The minimum Gasteiger partial charge on any atom is -0.371 e. The van der Waals surface area contributed by atoms with Gasteiger partial charge in [-0.15, -0.1) is 0 Å². The van der Waals surface area contributed by atoms with Gasteiger partial charge in [0.25, 0.3) is 0 Å². The Morgan fingerprint density at radius 1 is 1.36 bits per heavy atom. The maximum absolute atomic E-state index is 12.2. The molecule has 0 aliphatic heterocycles. The molecule has 0 unspecified atom stereocenters. The Hall–Kier alpha value is -2.42. The van der Waals surface area contributed by atoms with Gasteiger partial charge >= 0.3 is 15.8 Å². The van der Waals surface area contributed by atoms with Gasteiger partial charge in [0, 0.05) is 19.3 Å². The van der Waals surface area contributed by atoms with Crippen molar-refractivity contribution in [1.82, 2.24) is 9.78 Å². The molecular weight excluding hydrogens is 310 g/mol. The summed E-state index contributed by atoms with van der Waals surface area (Å²) >= 11 is 0. The molecule has 0 aliphatic carbocycles. The van der Waals surface area contributed by atoms with Gasteiger partial charge in [0.2, 0.25) is 5.75 Å². The van der Waals surface area contributed by atoms with Crippen molar-refractivity contribution in [2.24, 2.45) is 7.05 Å². The van der Waals surface area contributed by atoms with E-state index >= 15 is 0 Å². The number of aryl methyl sites for hydroxylation is 1. The van der Waals surface area contributed by atoms with Gasteiger partial charge in [-0.3, -0.25) is 14.8 Å². The summed E-state index contributed by atoms with van der Waals surface area (Å²) < 4.78 is 30.6. The maximum Gasteiger partial charge on any atom is 0.342 e. The SMILES string of the molecule is CC(C)c1ccc([N+](=O)[O-])c(OS(=O)(=O)c2cnn(C)c2)c1. The maximum atomic E-state index is 12.2. The summed E-state index contributed by atoms with van der Waals surface area (Å²) in [6.07, 6.45) is 2.38. The first kappa shape index (κ1) is 16.0. The number of nitro groups is 1. The van der Waals surface area contributed by atoms with Crippen LogP contribution in [0.2, 0.25) is 0 Å². The van der Waals surface area contributed by atoms with Crippen LogP contribution in [0.4, 0.5) is 5.69 Å². The highest BCUT2D eigenvalue weighted by atomic mass is 32.2. The van der Waals surface area contributed by atoms with E-state index in [0.29, 0.717) is 0 Å². The van der Waals surface area contributed by atoms with Gasteiger partial charge in [-0.2, -0.15) is 13.5 Å². The van der Waals surface area contributed by atoms with Crippen molar-refractivity contribution in [2.45, 2.75) is 24.7 Å². The summed E-state index contributed by atoms with van der Waals surface area (Å²) in [5, 5.41) is 14.8. The Kier molecular flexibility index (Phi) is 4.18. The van der Waals surface area contributed by atoms with Gasteiger partial charge in [-0.05, 0) is 17.5 Å². The lowest BCUT2D eigenvalue weighted by Crippen LogP contribution is -2.10. The van der Waals surface area contributed by atoms with Gasteiger partial charge in [0.05, 0.1) is 11.1 Å². The van der Waals surface area contributed by atoms with Crippen LogP contribution in [-0.2, 0) is 17.2 Å². The van der Waals surface area contributed by atoms with Crippen molar-refractivity contribution >= 4 is 15.8 Å². The third-order valence-corrected chi connectivity index (χ3v) is 4.20. The molecule has 1 aromatic heterocycles. The first-order chi connectivity index (χ1) is 10.2. The van der Waals surface area contributed by atoms with Crippen molar-refractivity contribution in [3.63, 3.8) is 0 Å². The first-order valence-electron chi connectivity index (χ1n) is 6.42. The highest BCUT2D eigenvalue weighted by molar-refractivity contribution is 7.87. The van der Waals surface area contributed by atoms with E-state index in [1.165, 1.54) is 23.0 Å². The fourth-order valence-electron chi connectivity index (χ4n) is 1.80. The minimum atomic E-state index is -4.18. The number of rotatable bonds is 5. The highest BCUT2D eigenvalue weighted by Gasteiger charge is 2.25. The smallest absolute Gasteiger partial charge is 0.342 e. The number of hydrogen-bond acceptors (Lipinski definition) is 6. The fourth-order valence-corrected chi connectivity index (χ4v) is 2.73. The first-order valence-corrected chi connectivity index (χ1v) is 7.83. The molecular formula is C13H15N3O5S. The van der Waals surface area contributed by atoms with Crippen LogP contribution in [0.25, 0.3) is 0 Å². The van der Waals surface area contributed by atoms with Crippen molar-refractivity contribution in [1.29, 1.82) is 0 Å². The summed E-state index contributed by atoms with van der Waals surface area (Å²) in [4.78, 5) is 10.2. The zero-order valence-electron chi connectivity index (χ0n) is 12.3. The van der Waals surface area contributed by atoms with Crippen LogP contribution in [0, 0.1) is 10.1 Å². The Labute approximate surface area is 127 Å². The third kappa shape index (κ3) is 3.25. The van der Waals surface area contributed by atoms with E-state index in [1.54, 1.807) is 13.1 Å². The lowest BCUT2D eigenvalue weighted by Gasteiger charge is -2.09. The molecule has 0 saturated heterocycles. The molecule has 8 nitrogen and oxygen atoms in total. The average molecular weight is 325 g/mol. The standard InChI is InChI=1S/C13H15N3O5S/c1-9(2)10-4-5-12(16(17)18)13(6-10)21-22(19,20)11-7-14-15(3)8-11/h4-9H,1-3H3. The summed E-state index contributed by atoms with van der Waals surface area (Å²) in [7, 11) is -2.62. The zero-order chi connectivity index (χ0) is 16.5. The van der Waals surface area contributed by atoms with Crippen LogP contribution < -0.4 is 4.18 Å². The lowest BCUT2D eigenvalue weighted by molar-refractivity contribution is -0.385. The summed E-state index contributed by atoms with van der Waals surface area (Å²) in [5.41, 5.74) is 0.332. The number of nitro benzene ring substituents is 1. The Balaban J connectivity index is 2.47. The van der Waals surface area contributed by atoms with E-state index in [-0.39, 0.29) is 16.6 Å². The molecule has 0 saturated carbocycles. The largest absolute Gasteiger partial charge is 0.371 e. The molecule has 0 spiro atoms. The van der Waals surface area contributed by atoms with E-state index in [4.69, 9.17) is 4.18 Å². The molecule has 118 valence electrons. The average Bonchev–Trinajstić information content (AvgIpc) is 2.85. The minimum absolute atomic E-state index is 0.0734. The van der Waals surface area contributed by atoms with E-state index in [0.717, 1.165) is 11.8 Å². The molecule has 0 bridgehead atoms. The van der Waals surface area contributed by atoms with Crippen molar-refractivity contribution < 1.29 is 17.5 Å². The van der Waals surface area contributed by atoms with Crippen molar-refractivity contribution in [2.75, 3.05) is 0 Å². The monoisotopic (exact) mass is 325 g/mol. The van der Waals surface area contributed by atoms with Crippen LogP contribution in [0.15, 0.2) is 35.5 Å². The molecule has 1 heterocycles. The van der Waals surface area contributed by atoms with Crippen LogP contribution in [0.1, 0.15) is 25.3 Å². The number of hydrogen-bond donors (Lipinski definition) is 0. The molecule has 9 heteroatoms. The van der Waals surface area contributed by atoms with E-state index < -0.39 is 20.7 Å². The topological polar surface area (TPSA) is 104 Å². The second-order valence-corrected chi connectivity index (χ2v) is 6.57. The zero-order valence-corrected chi connectivity index (χ0v) is 13.1. The Bertz CT molecular complexity index is 811. The van der Waals surface area contributed by atoms with Gasteiger partial charge in [-0.1, -0.05) is 19.9 Å². The second-order valence-electron chi connectivity index (χ2n) is 5.03. The van der Waals surface area contributed by atoms with Crippen molar-refractivity contribution in [3.8, 4) is 5.75 Å². The molecule has 2 rings (SSSR count). The van der Waals surface area contributed by atoms with E-state index in [2.05, 4.69) is 5.10 Å². The fraction of sp³-hybridized carbons (Fsp3) is 0.308.